The maximum Gasteiger partial charge on any atom is 0.195 e. The minimum Gasteiger partial charge on any atom is -0.398 e. The van der Waals surface area contributed by atoms with Gasteiger partial charge in [-0.2, -0.15) is 0 Å². The lowest BCUT2D eigenvalue weighted by Crippen LogP contribution is -1.96. The van der Waals surface area contributed by atoms with Gasteiger partial charge in [0.05, 0.1) is 0 Å². The number of hydrogen-bond acceptors (Lipinski definition) is 2. The fraction of sp³-hybridized carbons (Fsp3) is 0. The summed E-state index contributed by atoms with van der Waals surface area (Å²) in [6.07, 6.45) is 5.25. The summed E-state index contributed by atoms with van der Waals surface area (Å²) in [6.45, 7) is 0. The third-order valence-corrected chi connectivity index (χ3v) is 1.56. The summed E-state index contributed by atoms with van der Waals surface area (Å²) in [4.78, 5) is 10.9. The van der Waals surface area contributed by atoms with Crippen molar-refractivity contribution < 1.29 is 4.79 Å². The molecule has 2 aliphatic rings. The molecule has 2 aliphatic carbocycles. The summed E-state index contributed by atoms with van der Waals surface area (Å²) in [7, 11) is 0. The molecule has 2 N–H and O–H groups in total. The molecule has 0 fully saturated rings. The van der Waals surface area contributed by atoms with Crippen LogP contribution in [-0.4, -0.2) is 5.78 Å². The molecule has 2 nitrogen and oxygen atoms in total. The van der Waals surface area contributed by atoms with Gasteiger partial charge in [0.15, 0.2) is 5.78 Å². The Morgan fingerprint density at radius 3 is 2.33 bits per heavy atom. The van der Waals surface area contributed by atoms with Crippen molar-refractivity contribution in [2.24, 2.45) is 5.73 Å². The first kappa shape index (κ1) is 4.56. The van der Waals surface area contributed by atoms with Crippen LogP contribution >= 0.6 is 0 Å². The number of carbonyl (C=O) groups is 1. The van der Waals surface area contributed by atoms with Crippen molar-refractivity contribution in [2.45, 2.75) is 0 Å². The largest absolute Gasteiger partial charge is 0.398 e. The van der Waals surface area contributed by atoms with Crippen LogP contribution in [-0.2, 0) is 4.79 Å². The van der Waals surface area contributed by atoms with Crippen LogP contribution in [0.1, 0.15) is 0 Å². The molecule has 0 aromatic rings. The monoisotopic (exact) mass is 119 g/mol. The number of ketones is 1. The zero-order valence-electron chi connectivity index (χ0n) is 4.72. The molecule has 44 valence electrons. The molecular formula is C7H5NO. The summed E-state index contributed by atoms with van der Waals surface area (Å²) < 4.78 is 0. The van der Waals surface area contributed by atoms with Crippen molar-refractivity contribution in [3.8, 4) is 0 Å². The average Bonchev–Trinajstić information content (AvgIpc) is 2.25. The summed E-state index contributed by atoms with van der Waals surface area (Å²) in [5.41, 5.74) is 7.43. The van der Waals surface area contributed by atoms with Gasteiger partial charge >= 0.3 is 0 Å². The van der Waals surface area contributed by atoms with Gasteiger partial charge in [-0.3, -0.25) is 4.79 Å². The number of allylic oxidation sites excluding steroid dienone is 5. The van der Waals surface area contributed by atoms with E-state index in [9.17, 15) is 4.79 Å². The molecule has 0 amide bonds. The minimum absolute atomic E-state index is 0.0764. The molecule has 2 heteroatoms. The summed E-state index contributed by atoms with van der Waals surface area (Å²) in [6, 6.07) is 0. The van der Waals surface area contributed by atoms with E-state index in [0.717, 1.165) is 5.57 Å². The molecule has 0 unspecified atom stereocenters. The molecule has 2 bridgehead atoms. The fourth-order valence-corrected chi connectivity index (χ4v) is 1.07. The predicted octanol–water partition coefficient (Wildman–Crippen LogP) is 0.278. The second kappa shape index (κ2) is 1.16. The second-order valence-corrected chi connectivity index (χ2v) is 2.13. The first-order valence-corrected chi connectivity index (χ1v) is 2.73. The minimum atomic E-state index is 0.0764. The third-order valence-electron chi connectivity index (χ3n) is 1.56. The van der Waals surface area contributed by atoms with Crippen LogP contribution in [0, 0.1) is 0 Å². The highest BCUT2D eigenvalue weighted by atomic mass is 16.1. The first-order chi connectivity index (χ1) is 4.29. The van der Waals surface area contributed by atoms with E-state index >= 15 is 0 Å². The molecular weight excluding hydrogens is 114 g/mol. The number of nitrogens with two attached hydrogens (primary N) is 1. The lowest BCUT2D eigenvalue weighted by molar-refractivity contribution is -0.111. The van der Waals surface area contributed by atoms with E-state index in [0.29, 0.717) is 11.3 Å². The van der Waals surface area contributed by atoms with E-state index in [1.165, 1.54) is 0 Å². The van der Waals surface area contributed by atoms with E-state index in [1.807, 2.05) is 0 Å². The van der Waals surface area contributed by atoms with E-state index in [2.05, 4.69) is 0 Å². The van der Waals surface area contributed by atoms with Crippen molar-refractivity contribution in [3.05, 3.63) is 35.1 Å². The van der Waals surface area contributed by atoms with Gasteiger partial charge in [-0.25, -0.2) is 0 Å². The van der Waals surface area contributed by atoms with E-state index < -0.39 is 0 Å². The molecule has 0 atom stereocenters. The molecule has 9 heavy (non-hydrogen) atoms. The van der Waals surface area contributed by atoms with Crippen LogP contribution in [0.5, 0.6) is 0 Å². The Labute approximate surface area is 52.3 Å². The number of rotatable bonds is 0. The van der Waals surface area contributed by atoms with Gasteiger partial charge in [0.25, 0.3) is 0 Å². The van der Waals surface area contributed by atoms with Crippen LogP contribution in [0.3, 0.4) is 0 Å². The normalized spacial score (nSPS) is 21.8. The van der Waals surface area contributed by atoms with Gasteiger partial charge < -0.3 is 5.73 Å². The molecule has 0 spiro atoms. The van der Waals surface area contributed by atoms with Crippen molar-refractivity contribution in [1.29, 1.82) is 0 Å². The Balaban J connectivity index is 2.73. The molecule has 0 aromatic heterocycles. The quantitative estimate of drug-likeness (QED) is 0.497. The Morgan fingerprint density at radius 1 is 1.33 bits per heavy atom. The standard InChI is InChI=1S/C7H5NO/c8-6-3-4-1-2-5(6)7(4)9/h1-3H,8H2. The molecule has 0 radical (unpaired) electrons. The topological polar surface area (TPSA) is 43.1 Å². The van der Waals surface area contributed by atoms with Gasteiger partial charge in [0.2, 0.25) is 0 Å². The maximum absolute atomic E-state index is 10.9. The van der Waals surface area contributed by atoms with E-state index in [1.54, 1.807) is 18.2 Å². The fourth-order valence-electron chi connectivity index (χ4n) is 1.07. The number of hydrogen-bond donors (Lipinski definition) is 1. The number of carbonyl (C=O) groups excluding carboxylic acids is 1. The van der Waals surface area contributed by atoms with Crippen molar-refractivity contribution in [2.75, 3.05) is 0 Å². The lowest BCUT2D eigenvalue weighted by Gasteiger charge is -1.88. The smallest absolute Gasteiger partial charge is 0.195 e. The third kappa shape index (κ3) is 0.380. The highest BCUT2D eigenvalue weighted by Crippen LogP contribution is 2.26. The van der Waals surface area contributed by atoms with Crippen LogP contribution < -0.4 is 5.73 Å². The first-order valence-electron chi connectivity index (χ1n) is 2.73. The van der Waals surface area contributed by atoms with Gasteiger partial charge in [-0.15, -0.1) is 0 Å². The van der Waals surface area contributed by atoms with Gasteiger partial charge in [-0.1, -0.05) is 6.08 Å². The van der Waals surface area contributed by atoms with Crippen LogP contribution in [0.15, 0.2) is 35.1 Å². The predicted molar refractivity (Wildman–Crippen MR) is 33.4 cm³/mol. The summed E-state index contributed by atoms with van der Waals surface area (Å²) >= 11 is 0. The Kier molecular flexibility index (Phi) is 0.585. The Bertz CT molecular complexity index is 281. The summed E-state index contributed by atoms with van der Waals surface area (Å²) in [5.74, 6) is 0.0764. The van der Waals surface area contributed by atoms with Crippen LogP contribution in [0.25, 0.3) is 0 Å². The average molecular weight is 119 g/mol. The van der Waals surface area contributed by atoms with E-state index in [4.69, 9.17) is 5.73 Å². The zero-order chi connectivity index (χ0) is 6.43. The van der Waals surface area contributed by atoms with Gasteiger partial charge in [0.1, 0.15) is 0 Å². The van der Waals surface area contributed by atoms with Crippen LogP contribution in [0.4, 0.5) is 0 Å². The zero-order valence-corrected chi connectivity index (χ0v) is 4.72. The van der Waals surface area contributed by atoms with Crippen molar-refractivity contribution in [1.82, 2.24) is 0 Å². The highest BCUT2D eigenvalue weighted by Gasteiger charge is 2.24. The van der Waals surface area contributed by atoms with Crippen LogP contribution in [0.2, 0.25) is 0 Å². The molecule has 0 aromatic carbocycles. The maximum atomic E-state index is 10.9. The Morgan fingerprint density at radius 2 is 2.11 bits per heavy atom. The highest BCUT2D eigenvalue weighted by molar-refractivity contribution is 6.18. The van der Waals surface area contributed by atoms with E-state index in [-0.39, 0.29) is 5.78 Å². The second-order valence-electron chi connectivity index (χ2n) is 2.13. The van der Waals surface area contributed by atoms with Crippen molar-refractivity contribution in [3.63, 3.8) is 0 Å². The van der Waals surface area contributed by atoms with Crippen molar-refractivity contribution >= 4 is 5.78 Å². The molecule has 0 saturated heterocycles. The number of Topliss-reactive ketones (excluding diaryl/α,β-unsaturated/α-hetero) is 1. The molecule has 0 saturated carbocycles. The summed E-state index contributed by atoms with van der Waals surface area (Å²) in [5, 5.41) is 0. The SMILES string of the molecule is NC1=C2C=CC(=C1)C2=O. The van der Waals surface area contributed by atoms with Gasteiger partial charge in [0, 0.05) is 16.8 Å². The number of fused-ring (bicyclic) bond motifs is 2. The lowest BCUT2D eigenvalue weighted by atomic mass is 10.2. The molecule has 0 heterocycles. The van der Waals surface area contributed by atoms with Gasteiger partial charge in [-0.05, 0) is 12.2 Å². The molecule has 2 rings (SSSR count). The Hall–Kier alpha value is -1.31. The molecule has 0 aliphatic heterocycles.